The van der Waals surface area contributed by atoms with Crippen molar-refractivity contribution in [2.75, 3.05) is 18.5 Å². The molecule has 2 aromatic heterocycles. The predicted molar refractivity (Wildman–Crippen MR) is 101 cm³/mol. The first-order valence-electron chi connectivity index (χ1n) is 8.14. The van der Waals surface area contributed by atoms with Crippen LogP contribution in [0.2, 0.25) is 0 Å². The number of rotatable bonds is 7. The normalized spacial score (nSPS) is 11.0. The van der Waals surface area contributed by atoms with E-state index in [1.165, 1.54) is 29.9 Å². The maximum atomic E-state index is 13.9. The third-order valence-corrected chi connectivity index (χ3v) is 4.41. The summed E-state index contributed by atoms with van der Waals surface area (Å²) in [7, 11) is 0. The number of carbonyl (C=O) groups excluding carboxylic acids is 1. The molecule has 3 aromatic rings. The summed E-state index contributed by atoms with van der Waals surface area (Å²) in [5.41, 5.74) is 0.0572. The number of aromatic nitrogens is 2. The van der Waals surface area contributed by atoms with Gasteiger partial charge in [0.15, 0.2) is 0 Å². The van der Waals surface area contributed by atoms with Crippen LogP contribution in [0.3, 0.4) is 0 Å². The van der Waals surface area contributed by atoms with E-state index < -0.39 is 17.5 Å². The number of ether oxygens (including phenoxy) is 1. The summed E-state index contributed by atoms with van der Waals surface area (Å²) in [6.45, 7) is 0.0961. The molecule has 6 nitrogen and oxygen atoms in total. The zero-order chi connectivity index (χ0) is 19.9. The molecular weight excluding hydrogens is 388 g/mol. The summed E-state index contributed by atoms with van der Waals surface area (Å²) in [4.78, 5) is 20.5. The van der Waals surface area contributed by atoms with Crippen molar-refractivity contribution in [3.8, 4) is 16.3 Å². The van der Waals surface area contributed by atoms with Gasteiger partial charge in [-0.05, 0) is 18.2 Å². The van der Waals surface area contributed by atoms with Crippen LogP contribution in [0.1, 0.15) is 10.5 Å². The van der Waals surface area contributed by atoms with Crippen molar-refractivity contribution >= 4 is 22.9 Å². The van der Waals surface area contributed by atoms with Gasteiger partial charge in [-0.1, -0.05) is 12.1 Å². The van der Waals surface area contributed by atoms with E-state index in [-0.39, 0.29) is 29.5 Å². The Hall–Kier alpha value is -3.17. The second-order valence-electron chi connectivity index (χ2n) is 5.43. The van der Waals surface area contributed by atoms with Gasteiger partial charge >= 0.3 is 0 Å². The Balaban J connectivity index is 1.76. The molecule has 3 rings (SSSR count). The topological polar surface area (TPSA) is 84.3 Å². The Morgan fingerprint density at radius 3 is 2.79 bits per heavy atom. The van der Waals surface area contributed by atoms with Crippen LogP contribution in [0, 0.1) is 11.6 Å². The Morgan fingerprint density at radius 2 is 2.04 bits per heavy atom. The van der Waals surface area contributed by atoms with Crippen molar-refractivity contribution < 1.29 is 23.4 Å². The molecule has 0 radical (unpaired) electrons. The monoisotopic (exact) mass is 403 g/mol. The average molecular weight is 403 g/mol. The van der Waals surface area contributed by atoms with Crippen molar-refractivity contribution in [3.63, 3.8) is 0 Å². The molecular formula is C19H15F2N3O3S. The molecule has 1 amide bonds. The first-order valence-corrected chi connectivity index (χ1v) is 9.02. The molecule has 9 heteroatoms. The van der Waals surface area contributed by atoms with Crippen LogP contribution < -0.4 is 10.1 Å². The van der Waals surface area contributed by atoms with Crippen LogP contribution in [0.5, 0.6) is 5.75 Å². The lowest BCUT2D eigenvalue weighted by molar-refractivity contribution is 0.102. The van der Waals surface area contributed by atoms with E-state index in [9.17, 15) is 13.6 Å². The maximum absolute atomic E-state index is 13.9. The highest BCUT2D eigenvalue weighted by Gasteiger charge is 2.18. The van der Waals surface area contributed by atoms with E-state index in [1.807, 2.05) is 0 Å². The summed E-state index contributed by atoms with van der Waals surface area (Å²) < 4.78 is 33.3. The quantitative estimate of drug-likeness (QED) is 0.588. The van der Waals surface area contributed by atoms with Crippen LogP contribution in [-0.2, 0) is 0 Å². The van der Waals surface area contributed by atoms with Crippen molar-refractivity contribution in [1.82, 2.24) is 9.97 Å². The SMILES string of the molecule is O=C(Nc1cnccc1OCC=CCO)c1csc(-c2c(F)cccc2F)n1. The fourth-order valence-corrected chi connectivity index (χ4v) is 3.11. The molecule has 0 unspecified atom stereocenters. The van der Waals surface area contributed by atoms with Gasteiger partial charge < -0.3 is 15.2 Å². The molecule has 1 aromatic carbocycles. The number of pyridine rings is 1. The molecule has 144 valence electrons. The van der Waals surface area contributed by atoms with Gasteiger partial charge in [-0.15, -0.1) is 11.3 Å². The summed E-state index contributed by atoms with van der Waals surface area (Å²) in [6, 6.07) is 5.09. The van der Waals surface area contributed by atoms with Gasteiger partial charge in [-0.25, -0.2) is 13.8 Å². The van der Waals surface area contributed by atoms with E-state index in [0.29, 0.717) is 11.4 Å². The Morgan fingerprint density at radius 1 is 1.25 bits per heavy atom. The van der Waals surface area contributed by atoms with Crippen molar-refractivity contribution in [2.45, 2.75) is 0 Å². The summed E-state index contributed by atoms with van der Waals surface area (Å²) in [5.74, 6) is -1.69. The van der Waals surface area contributed by atoms with Gasteiger partial charge in [0.2, 0.25) is 0 Å². The number of hydrogen-bond donors (Lipinski definition) is 2. The van der Waals surface area contributed by atoms with Crippen LogP contribution in [-0.4, -0.2) is 34.2 Å². The second-order valence-corrected chi connectivity index (χ2v) is 6.28. The molecule has 0 aliphatic rings. The highest BCUT2D eigenvalue weighted by molar-refractivity contribution is 7.13. The largest absolute Gasteiger partial charge is 0.487 e. The molecule has 0 bridgehead atoms. The number of thiazole rings is 1. The third-order valence-electron chi connectivity index (χ3n) is 3.55. The molecule has 2 heterocycles. The predicted octanol–water partition coefficient (Wildman–Crippen LogP) is 3.66. The van der Waals surface area contributed by atoms with Gasteiger partial charge in [0.25, 0.3) is 5.91 Å². The second kappa shape index (κ2) is 9.16. The van der Waals surface area contributed by atoms with E-state index in [2.05, 4.69) is 15.3 Å². The minimum Gasteiger partial charge on any atom is -0.487 e. The third kappa shape index (κ3) is 4.56. The van der Waals surface area contributed by atoms with Crippen LogP contribution in [0.4, 0.5) is 14.5 Å². The van der Waals surface area contributed by atoms with Gasteiger partial charge in [-0.3, -0.25) is 9.78 Å². The number of carbonyl (C=O) groups is 1. The van der Waals surface area contributed by atoms with Crippen molar-refractivity contribution in [2.24, 2.45) is 0 Å². The number of nitrogens with zero attached hydrogens (tertiary/aromatic N) is 2. The number of nitrogens with one attached hydrogen (secondary N) is 1. The van der Waals surface area contributed by atoms with E-state index in [0.717, 1.165) is 23.5 Å². The van der Waals surface area contributed by atoms with Gasteiger partial charge in [0.1, 0.15) is 40.4 Å². The molecule has 0 spiro atoms. The lowest BCUT2D eigenvalue weighted by atomic mass is 10.2. The minimum atomic E-state index is -0.750. The Kier molecular flexibility index (Phi) is 6.41. The van der Waals surface area contributed by atoms with Gasteiger partial charge in [0.05, 0.1) is 18.4 Å². The molecule has 0 atom stereocenters. The molecule has 0 aliphatic carbocycles. The number of amides is 1. The molecule has 0 aliphatic heterocycles. The number of halogens is 2. The van der Waals surface area contributed by atoms with Crippen molar-refractivity contribution in [3.05, 3.63) is 71.5 Å². The molecule has 0 saturated carbocycles. The van der Waals surface area contributed by atoms with Gasteiger partial charge in [0, 0.05) is 17.6 Å². The number of benzene rings is 1. The average Bonchev–Trinajstić information content (AvgIpc) is 3.16. The summed E-state index contributed by atoms with van der Waals surface area (Å²) >= 11 is 0.962. The molecule has 2 N–H and O–H groups in total. The summed E-state index contributed by atoms with van der Waals surface area (Å²) in [5, 5.41) is 12.8. The lowest BCUT2D eigenvalue weighted by Crippen LogP contribution is -2.13. The molecule has 28 heavy (non-hydrogen) atoms. The fraction of sp³-hybridized carbons (Fsp3) is 0.105. The number of aliphatic hydroxyl groups is 1. The highest BCUT2D eigenvalue weighted by Crippen LogP contribution is 2.29. The standard InChI is InChI=1S/C19H15F2N3O3S/c20-12-4-3-5-13(21)17(12)19-24-15(11-28-19)18(26)23-14-10-22-7-6-16(14)27-9-2-1-8-25/h1-7,10-11,25H,8-9H2,(H,23,26). The molecule has 0 fully saturated rings. The van der Waals surface area contributed by atoms with Crippen molar-refractivity contribution in [1.29, 1.82) is 0 Å². The Bertz CT molecular complexity index is 987. The van der Waals surface area contributed by atoms with Crippen LogP contribution in [0.15, 0.2) is 54.2 Å². The zero-order valence-electron chi connectivity index (χ0n) is 14.4. The van der Waals surface area contributed by atoms with Gasteiger partial charge in [-0.2, -0.15) is 0 Å². The summed E-state index contributed by atoms with van der Waals surface area (Å²) in [6.07, 6.45) is 6.06. The van der Waals surface area contributed by atoms with E-state index in [1.54, 1.807) is 12.1 Å². The van der Waals surface area contributed by atoms with E-state index in [4.69, 9.17) is 9.84 Å². The fourth-order valence-electron chi connectivity index (χ4n) is 2.26. The van der Waals surface area contributed by atoms with Crippen LogP contribution in [0.25, 0.3) is 10.6 Å². The van der Waals surface area contributed by atoms with E-state index >= 15 is 0 Å². The maximum Gasteiger partial charge on any atom is 0.275 e. The molecule has 0 saturated heterocycles. The number of anilines is 1. The number of hydrogen-bond acceptors (Lipinski definition) is 6. The first kappa shape index (κ1) is 19.6. The number of aliphatic hydroxyl groups excluding tert-OH is 1. The lowest BCUT2D eigenvalue weighted by Gasteiger charge is -2.10. The highest BCUT2D eigenvalue weighted by atomic mass is 32.1. The smallest absolute Gasteiger partial charge is 0.275 e. The van der Waals surface area contributed by atoms with Crippen LogP contribution >= 0.6 is 11.3 Å². The first-order chi connectivity index (χ1) is 13.6. The minimum absolute atomic E-state index is 0.0117. The zero-order valence-corrected chi connectivity index (χ0v) is 15.2. The Labute approximate surface area is 163 Å².